The number of carbonyl (C=O) groups is 1. The molecule has 14 heavy (non-hydrogen) atoms. The van der Waals surface area contributed by atoms with Gasteiger partial charge in [-0.25, -0.2) is 4.79 Å². The van der Waals surface area contributed by atoms with Crippen molar-refractivity contribution in [3.8, 4) is 0 Å². The summed E-state index contributed by atoms with van der Waals surface area (Å²) in [6.07, 6.45) is 1.41. The van der Waals surface area contributed by atoms with E-state index in [4.69, 9.17) is 0 Å². The van der Waals surface area contributed by atoms with E-state index >= 15 is 0 Å². The number of hydrogen-bond acceptors (Lipinski definition) is 2. The minimum absolute atomic E-state index is 0.363. The molecular formula is C11H11BrO2. The lowest BCUT2D eigenvalue weighted by Crippen LogP contribution is -1.94. The quantitative estimate of drug-likeness (QED) is 0.600. The van der Waals surface area contributed by atoms with Gasteiger partial charge in [0.15, 0.2) is 0 Å². The highest BCUT2D eigenvalue weighted by atomic mass is 79.9. The molecule has 0 amide bonds. The molecule has 0 heterocycles. The Bertz CT molecular complexity index is 352. The maximum absolute atomic E-state index is 10.9. The van der Waals surface area contributed by atoms with Gasteiger partial charge >= 0.3 is 5.97 Å². The van der Waals surface area contributed by atoms with Crippen LogP contribution in [-0.2, 0) is 9.53 Å². The van der Waals surface area contributed by atoms with Gasteiger partial charge in [0.2, 0.25) is 0 Å². The second-order valence-electron chi connectivity index (χ2n) is 2.88. The normalized spacial score (nSPS) is 11.2. The van der Waals surface area contributed by atoms with Crippen molar-refractivity contribution in [2.45, 2.75) is 6.92 Å². The monoisotopic (exact) mass is 254 g/mol. The number of benzene rings is 1. The maximum Gasteiger partial charge on any atom is 0.331 e. The number of hydrogen-bond donors (Lipinski definition) is 0. The highest BCUT2D eigenvalue weighted by Crippen LogP contribution is 2.21. The largest absolute Gasteiger partial charge is 0.466 e. The minimum Gasteiger partial charge on any atom is -0.466 e. The topological polar surface area (TPSA) is 26.3 Å². The zero-order chi connectivity index (χ0) is 10.6. The third-order valence-corrected chi connectivity index (χ3v) is 2.46. The van der Waals surface area contributed by atoms with E-state index in [1.54, 1.807) is 0 Å². The molecule has 0 saturated carbocycles. The van der Waals surface area contributed by atoms with Gasteiger partial charge in [-0.3, -0.25) is 0 Å². The predicted molar refractivity (Wildman–Crippen MR) is 60.1 cm³/mol. The molecule has 0 aromatic heterocycles. The fourth-order valence-electron chi connectivity index (χ4n) is 0.959. The van der Waals surface area contributed by atoms with E-state index < -0.39 is 0 Å². The number of esters is 1. The summed E-state index contributed by atoms with van der Waals surface area (Å²) in [5.74, 6) is -0.363. The van der Waals surface area contributed by atoms with Gasteiger partial charge in [-0.05, 0) is 28.4 Å². The van der Waals surface area contributed by atoms with E-state index in [1.165, 1.54) is 18.7 Å². The molecule has 0 fully saturated rings. The second-order valence-corrected chi connectivity index (χ2v) is 3.74. The van der Waals surface area contributed by atoms with Crippen molar-refractivity contribution in [2.24, 2.45) is 0 Å². The van der Waals surface area contributed by atoms with Crippen LogP contribution >= 0.6 is 15.9 Å². The molecule has 0 saturated heterocycles. The molecule has 0 aliphatic heterocycles. The molecule has 1 rings (SSSR count). The van der Waals surface area contributed by atoms with Crippen LogP contribution < -0.4 is 0 Å². The Labute approximate surface area is 91.7 Å². The van der Waals surface area contributed by atoms with Gasteiger partial charge in [-0.2, -0.15) is 0 Å². The molecule has 0 spiro atoms. The number of rotatable bonds is 2. The van der Waals surface area contributed by atoms with Crippen molar-refractivity contribution in [3.63, 3.8) is 0 Å². The number of ether oxygens (including phenoxy) is 1. The zero-order valence-corrected chi connectivity index (χ0v) is 9.67. The van der Waals surface area contributed by atoms with Crippen LogP contribution in [0, 0.1) is 6.92 Å². The molecule has 0 aliphatic carbocycles. The third kappa shape index (κ3) is 3.00. The molecule has 0 radical (unpaired) electrons. The van der Waals surface area contributed by atoms with Crippen LogP contribution in [-0.4, -0.2) is 13.1 Å². The molecule has 0 N–H and O–H groups in total. The SMILES string of the molecule is COC(=O)C=C(Br)c1ccc(C)cc1. The molecule has 0 atom stereocenters. The summed E-state index contributed by atoms with van der Waals surface area (Å²) in [6.45, 7) is 2.02. The van der Waals surface area contributed by atoms with Gasteiger partial charge in [-0.15, -0.1) is 0 Å². The van der Waals surface area contributed by atoms with E-state index in [-0.39, 0.29) is 5.97 Å². The van der Waals surface area contributed by atoms with E-state index in [0.29, 0.717) is 0 Å². The minimum atomic E-state index is -0.363. The lowest BCUT2D eigenvalue weighted by atomic mass is 10.1. The molecule has 1 aromatic rings. The van der Waals surface area contributed by atoms with Crippen molar-refractivity contribution in [3.05, 3.63) is 41.5 Å². The number of methoxy groups -OCH3 is 1. The van der Waals surface area contributed by atoms with Crippen LogP contribution in [0.2, 0.25) is 0 Å². The van der Waals surface area contributed by atoms with Crippen molar-refractivity contribution >= 4 is 26.4 Å². The van der Waals surface area contributed by atoms with Crippen LogP contribution in [0.3, 0.4) is 0 Å². The molecule has 74 valence electrons. The van der Waals surface area contributed by atoms with E-state index in [9.17, 15) is 4.79 Å². The summed E-state index contributed by atoms with van der Waals surface area (Å²) in [5, 5.41) is 0. The smallest absolute Gasteiger partial charge is 0.331 e. The van der Waals surface area contributed by atoms with Gasteiger partial charge in [-0.1, -0.05) is 29.8 Å². The summed E-state index contributed by atoms with van der Waals surface area (Å²) in [7, 11) is 1.36. The van der Waals surface area contributed by atoms with Gasteiger partial charge in [0.1, 0.15) is 0 Å². The zero-order valence-electron chi connectivity index (χ0n) is 8.08. The van der Waals surface area contributed by atoms with Crippen LogP contribution in [0.15, 0.2) is 30.3 Å². The first-order valence-electron chi connectivity index (χ1n) is 4.15. The fourth-order valence-corrected chi connectivity index (χ4v) is 1.41. The van der Waals surface area contributed by atoms with E-state index in [1.807, 2.05) is 31.2 Å². The van der Waals surface area contributed by atoms with Crippen molar-refractivity contribution in [1.29, 1.82) is 0 Å². The first-order chi connectivity index (χ1) is 6.63. The van der Waals surface area contributed by atoms with Gasteiger partial charge in [0, 0.05) is 10.6 Å². The first-order valence-corrected chi connectivity index (χ1v) is 4.95. The molecule has 3 heteroatoms. The second kappa shape index (κ2) is 4.96. The Hall–Kier alpha value is -1.09. The Morgan fingerprint density at radius 2 is 1.93 bits per heavy atom. The van der Waals surface area contributed by atoms with Gasteiger partial charge in [0.25, 0.3) is 0 Å². The summed E-state index contributed by atoms with van der Waals surface area (Å²) in [5.41, 5.74) is 2.15. The van der Waals surface area contributed by atoms with E-state index in [2.05, 4.69) is 20.7 Å². The Morgan fingerprint density at radius 1 is 1.36 bits per heavy atom. The van der Waals surface area contributed by atoms with Gasteiger partial charge < -0.3 is 4.74 Å². The standard InChI is InChI=1S/C11H11BrO2/c1-8-3-5-9(6-4-8)10(12)7-11(13)14-2/h3-7H,1-2H3. The highest BCUT2D eigenvalue weighted by molar-refractivity contribution is 9.15. The molecular weight excluding hydrogens is 244 g/mol. The molecule has 2 nitrogen and oxygen atoms in total. The molecule has 0 unspecified atom stereocenters. The van der Waals surface area contributed by atoms with Crippen LogP contribution in [0.1, 0.15) is 11.1 Å². The van der Waals surface area contributed by atoms with Crippen LogP contribution in [0.4, 0.5) is 0 Å². The lowest BCUT2D eigenvalue weighted by Gasteiger charge is -1.99. The lowest BCUT2D eigenvalue weighted by molar-refractivity contribution is -0.134. The van der Waals surface area contributed by atoms with Gasteiger partial charge in [0.05, 0.1) is 7.11 Å². The summed E-state index contributed by atoms with van der Waals surface area (Å²) < 4.78 is 5.25. The third-order valence-electron chi connectivity index (χ3n) is 1.77. The van der Waals surface area contributed by atoms with Crippen LogP contribution in [0.25, 0.3) is 4.48 Å². The number of halogens is 1. The fraction of sp³-hybridized carbons (Fsp3) is 0.182. The Balaban J connectivity index is 2.89. The molecule has 0 bridgehead atoms. The molecule has 1 aromatic carbocycles. The summed E-state index contributed by atoms with van der Waals surface area (Å²) >= 11 is 3.31. The average molecular weight is 255 g/mol. The van der Waals surface area contributed by atoms with E-state index in [0.717, 1.165) is 10.0 Å². The highest BCUT2D eigenvalue weighted by Gasteiger charge is 2.00. The van der Waals surface area contributed by atoms with Crippen molar-refractivity contribution in [2.75, 3.05) is 7.11 Å². The summed E-state index contributed by atoms with van der Waals surface area (Å²) in [4.78, 5) is 10.9. The Kier molecular flexibility index (Phi) is 3.89. The van der Waals surface area contributed by atoms with Crippen molar-refractivity contribution < 1.29 is 9.53 Å². The summed E-state index contributed by atoms with van der Waals surface area (Å²) in [6, 6.07) is 7.86. The average Bonchev–Trinajstić information content (AvgIpc) is 2.18. The predicted octanol–water partition coefficient (Wildman–Crippen LogP) is 2.90. The number of carbonyl (C=O) groups excluding carboxylic acids is 1. The Morgan fingerprint density at radius 3 is 2.43 bits per heavy atom. The first kappa shape index (κ1) is 11.0. The number of aryl methyl sites for hydroxylation is 1. The molecule has 0 aliphatic rings. The van der Waals surface area contributed by atoms with Crippen LogP contribution in [0.5, 0.6) is 0 Å². The maximum atomic E-state index is 10.9. The van der Waals surface area contributed by atoms with Crippen molar-refractivity contribution in [1.82, 2.24) is 0 Å².